The van der Waals surface area contributed by atoms with Gasteiger partial charge in [-0.2, -0.15) is 0 Å². The molecule has 90 heavy (non-hydrogen) atoms. The summed E-state index contributed by atoms with van der Waals surface area (Å²) in [5, 5.41) is 24.7. The molecule has 6 aromatic carbocycles. The van der Waals surface area contributed by atoms with Crippen LogP contribution >= 0.6 is 0 Å². The summed E-state index contributed by atoms with van der Waals surface area (Å²) in [4.78, 5) is 94.0. The number of amides is 8. The summed E-state index contributed by atoms with van der Waals surface area (Å²) in [7, 11) is 7.99. The lowest BCUT2D eigenvalue weighted by atomic mass is 9.94. The van der Waals surface area contributed by atoms with Gasteiger partial charge in [-0.3, -0.25) is 29.2 Å². The molecule has 20 heteroatoms. The SMILES string of the molecule is C=CC(=O)Nc1cccc(C(=O)Nc2cccc(NC3=NCC4=C3CN(C(=O)N[C@H](CN(C)C)c3ccccc3)C4(C)C)c2)c1.CCC(=O)Nc1ccc(C(=O)Nc2cccc(NC3=NCC4=C3CN(C(=O)N[C@H](CN(C)C)c3ccccc3)C4(C)C)c2)cc1. The number of carbonyl (C=O) groups is 6. The Morgan fingerprint density at radius 3 is 1.37 bits per heavy atom. The molecule has 2 atom stereocenters. The zero-order valence-corrected chi connectivity index (χ0v) is 52.5. The van der Waals surface area contributed by atoms with Crippen molar-refractivity contribution in [2.24, 2.45) is 9.98 Å². The first kappa shape index (κ1) is 64.3. The summed E-state index contributed by atoms with van der Waals surface area (Å²) in [6.07, 6.45) is 1.56. The Morgan fingerprint density at radius 2 is 0.933 bits per heavy atom. The van der Waals surface area contributed by atoms with E-state index >= 15 is 0 Å². The third-order valence-electron chi connectivity index (χ3n) is 16.2. The zero-order chi connectivity index (χ0) is 64.3. The second-order valence-corrected chi connectivity index (χ2v) is 24.0. The van der Waals surface area contributed by atoms with Gasteiger partial charge in [-0.25, -0.2) is 9.59 Å². The Bertz CT molecular complexity index is 3800. The molecule has 10 rings (SSSR count). The number of anilines is 6. The maximum Gasteiger partial charge on any atom is 0.318 e. The first-order valence-electron chi connectivity index (χ1n) is 30.0. The number of nitrogens with one attached hydrogen (secondary N) is 8. The van der Waals surface area contributed by atoms with E-state index in [4.69, 9.17) is 9.98 Å². The summed E-state index contributed by atoms with van der Waals surface area (Å²) >= 11 is 0. The van der Waals surface area contributed by atoms with E-state index in [0.717, 1.165) is 56.5 Å². The molecule has 8 amide bonds. The minimum Gasteiger partial charge on any atom is -0.340 e. The monoisotopic (exact) mass is 1210 g/mol. The number of urea groups is 2. The molecule has 0 aliphatic carbocycles. The molecule has 0 fully saturated rings. The lowest BCUT2D eigenvalue weighted by molar-refractivity contribution is -0.116. The first-order chi connectivity index (χ1) is 43.1. The fourth-order valence-electron chi connectivity index (χ4n) is 11.3. The second-order valence-electron chi connectivity index (χ2n) is 24.0. The molecular weight excluding hydrogens is 1130 g/mol. The Hall–Kier alpha value is -10.2. The molecule has 0 bridgehead atoms. The minimum atomic E-state index is -0.513. The number of aliphatic imine (C=N–C) groups is 2. The van der Waals surface area contributed by atoms with Crippen molar-refractivity contribution in [3.8, 4) is 0 Å². The summed E-state index contributed by atoms with van der Waals surface area (Å²) in [6, 6.07) is 47.8. The van der Waals surface area contributed by atoms with Gasteiger partial charge < -0.3 is 62.1 Å². The molecule has 20 nitrogen and oxygen atoms in total. The van der Waals surface area contributed by atoms with Gasteiger partial charge in [-0.1, -0.05) is 92.4 Å². The van der Waals surface area contributed by atoms with Crippen LogP contribution in [0, 0.1) is 0 Å². The molecule has 4 heterocycles. The predicted molar refractivity (Wildman–Crippen MR) is 359 cm³/mol. The van der Waals surface area contributed by atoms with Crippen molar-refractivity contribution in [2.75, 3.05) is 99.4 Å². The number of rotatable bonds is 18. The van der Waals surface area contributed by atoms with Gasteiger partial charge in [0.2, 0.25) is 11.8 Å². The van der Waals surface area contributed by atoms with Gasteiger partial charge in [0.25, 0.3) is 11.8 Å². The largest absolute Gasteiger partial charge is 0.340 e. The highest BCUT2D eigenvalue weighted by Gasteiger charge is 2.47. The number of carbonyl (C=O) groups excluding carboxylic acids is 6. The van der Waals surface area contributed by atoms with Crippen LogP contribution in [0.1, 0.15) is 85.0 Å². The molecule has 466 valence electrons. The number of likely N-dealkylation sites (N-methyl/N-ethyl adjacent to an activating group) is 2. The molecule has 0 unspecified atom stereocenters. The third kappa shape index (κ3) is 15.6. The van der Waals surface area contributed by atoms with Crippen LogP contribution in [0.3, 0.4) is 0 Å². The fourth-order valence-corrected chi connectivity index (χ4v) is 11.3. The maximum atomic E-state index is 13.7. The van der Waals surface area contributed by atoms with Crippen LogP contribution in [0.2, 0.25) is 0 Å². The minimum absolute atomic E-state index is 0.0832. The van der Waals surface area contributed by atoms with Crippen LogP contribution in [-0.2, 0) is 9.59 Å². The molecule has 4 aliphatic heterocycles. The van der Waals surface area contributed by atoms with Gasteiger partial charge in [0.05, 0.1) is 49.3 Å². The maximum absolute atomic E-state index is 13.7. The molecule has 0 saturated heterocycles. The van der Waals surface area contributed by atoms with Crippen molar-refractivity contribution in [3.05, 3.63) is 215 Å². The standard InChI is InChI=1S/C35H39N7O3.C35H41N7O3/c1-6-31(43)37-25-15-10-14-24(18-25)33(44)39-27-17-11-16-26(19-27)38-32-28-21-42(35(2,3)29(28)20-36-32)34(45)40-30(22-41(4)5)23-12-8-7-9-13-23;1-6-31(43)37-25-17-15-24(16-18-25)33(44)39-27-14-10-13-26(19-27)38-32-28-21-42(35(2,3)29(28)20-36-32)34(45)40-30(22-41(4)5)23-11-8-7-9-12-23/h6-19,30H,1,20-22H2,2-5H3,(H,36,38)(H,37,43)(H,39,44)(H,40,45);7-19,30H,6,20-22H2,1-5H3,(H,36,38)(H,37,43)(H,39,44)(H,40,45)/t2*30-/m11/s1. The average Bonchev–Trinajstić information content (AvgIpc) is 1.61. The highest BCUT2D eigenvalue weighted by atomic mass is 16.2. The molecule has 0 saturated carbocycles. The quantitative estimate of drug-likeness (QED) is 0.0379. The lowest BCUT2D eigenvalue weighted by Gasteiger charge is -2.36. The first-order valence-corrected chi connectivity index (χ1v) is 30.0. The molecule has 0 aromatic heterocycles. The van der Waals surface area contributed by atoms with Gasteiger partial charge in [-0.15, -0.1) is 0 Å². The van der Waals surface area contributed by atoms with Crippen molar-refractivity contribution < 1.29 is 28.8 Å². The van der Waals surface area contributed by atoms with Gasteiger partial charge >= 0.3 is 12.1 Å². The van der Waals surface area contributed by atoms with E-state index in [9.17, 15) is 28.8 Å². The normalized spacial score (nSPS) is 15.7. The highest BCUT2D eigenvalue weighted by Crippen LogP contribution is 2.40. The van der Waals surface area contributed by atoms with Gasteiger partial charge in [0.1, 0.15) is 11.7 Å². The van der Waals surface area contributed by atoms with E-state index in [1.807, 2.05) is 141 Å². The molecule has 4 aliphatic rings. The van der Waals surface area contributed by atoms with Crippen LogP contribution in [0.15, 0.2) is 203 Å². The lowest BCUT2D eigenvalue weighted by Crippen LogP contribution is -2.52. The van der Waals surface area contributed by atoms with E-state index in [2.05, 4.69) is 86.6 Å². The van der Waals surface area contributed by atoms with Gasteiger partial charge in [0.15, 0.2) is 0 Å². The van der Waals surface area contributed by atoms with Crippen LogP contribution < -0.4 is 42.5 Å². The number of nitrogens with zero attached hydrogens (tertiary/aromatic N) is 6. The topological polar surface area (TPSA) is 236 Å². The van der Waals surface area contributed by atoms with Crippen LogP contribution in [0.25, 0.3) is 0 Å². The second kappa shape index (κ2) is 28.3. The Balaban J connectivity index is 0.000000213. The summed E-state index contributed by atoms with van der Waals surface area (Å²) in [5.74, 6) is 0.442. The van der Waals surface area contributed by atoms with Crippen molar-refractivity contribution in [2.45, 2.75) is 64.2 Å². The van der Waals surface area contributed by atoms with E-state index in [0.29, 0.717) is 79.6 Å². The zero-order valence-electron chi connectivity index (χ0n) is 52.5. The molecule has 8 N–H and O–H groups in total. The Kier molecular flexibility index (Phi) is 20.2. The average molecular weight is 1210 g/mol. The fraction of sp³-hybridized carbons (Fsp3) is 0.286. The van der Waals surface area contributed by atoms with Crippen molar-refractivity contribution in [1.82, 2.24) is 30.2 Å². The molecule has 0 radical (unpaired) electrons. The molecular formula is C70H80N14O6. The van der Waals surface area contributed by atoms with Crippen LogP contribution in [-0.4, -0.2) is 145 Å². The predicted octanol–water partition coefficient (Wildman–Crippen LogP) is 10.8. The van der Waals surface area contributed by atoms with Crippen LogP contribution in [0.5, 0.6) is 0 Å². The third-order valence-corrected chi connectivity index (χ3v) is 16.2. The highest BCUT2D eigenvalue weighted by molar-refractivity contribution is 6.13. The van der Waals surface area contributed by atoms with Crippen LogP contribution in [0.4, 0.5) is 43.7 Å². The Labute approximate surface area is 526 Å². The number of hydrogen-bond donors (Lipinski definition) is 8. The molecule has 6 aromatic rings. The number of hydrogen-bond acceptors (Lipinski definition) is 12. The number of benzene rings is 6. The van der Waals surface area contributed by atoms with E-state index in [1.165, 1.54) is 6.08 Å². The van der Waals surface area contributed by atoms with Crippen molar-refractivity contribution in [1.29, 1.82) is 0 Å². The van der Waals surface area contributed by atoms with Gasteiger partial charge in [0, 0.05) is 75.9 Å². The van der Waals surface area contributed by atoms with Crippen molar-refractivity contribution in [3.63, 3.8) is 0 Å². The van der Waals surface area contributed by atoms with Gasteiger partial charge in [-0.05, 0) is 163 Å². The van der Waals surface area contributed by atoms with E-state index < -0.39 is 11.1 Å². The Morgan fingerprint density at radius 1 is 0.511 bits per heavy atom. The summed E-state index contributed by atoms with van der Waals surface area (Å²) in [5.41, 5.74) is 10.1. The molecule has 0 spiro atoms. The van der Waals surface area contributed by atoms with E-state index in [1.54, 1.807) is 61.5 Å². The smallest absolute Gasteiger partial charge is 0.318 e. The van der Waals surface area contributed by atoms with Crippen molar-refractivity contribution >= 4 is 81.5 Å². The number of amidine groups is 2. The van der Waals surface area contributed by atoms with E-state index in [-0.39, 0.29) is 47.8 Å². The summed E-state index contributed by atoms with van der Waals surface area (Å²) in [6.45, 7) is 16.7. The summed E-state index contributed by atoms with van der Waals surface area (Å²) < 4.78 is 0.